The van der Waals surface area contributed by atoms with E-state index in [0.29, 0.717) is 6.04 Å². The summed E-state index contributed by atoms with van der Waals surface area (Å²) in [6.45, 7) is 7.37. The lowest BCUT2D eigenvalue weighted by Gasteiger charge is -2.16. The molecule has 1 rings (SSSR count). The van der Waals surface area contributed by atoms with E-state index in [1.54, 1.807) is 0 Å². The van der Waals surface area contributed by atoms with Gasteiger partial charge in [0.2, 0.25) is 0 Å². The molecule has 1 aliphatic rings. The second-order valence-corrected chi connectivity index (χ2v) is 4.91. The molecule has 2 unspecified atom stereocenters. The van der Waals surface area contributed by atoms with E-state index in [1.807, 2.05) is 0 Å². The highest BCUT2D eigenvalue weighted by Crippen LogP contribution is 2.31. The lowest BCUT2D eigenvalue weighted by molar-refractivity contribution is 0.236. The molecule has 0 saturated heterocycles. The van der Waals surface area contributed by atoms with Crippen molar-refractivity contribution in [2.45, 2.75) is 52.5 Å². The van der Waals surface area contributed by atoms with E-state index < -0.39 is 0 Å². The molecular formula is C12H24N2O. The topological polar surface area (TPSA) is 41.1 Å². The highest BCUT2D eigenvalue weighted by atomic mass is 16.2. The van der Waals surface area contributed by atoms with Crippen molar-refractivity contribution >= 4 is 6.03 Å². The average Bonchev–Trinajstić information content (AvgIpc) is 2.63. The SMILES string of the molecule is CCCNC(=O)NC1CCC(C(C)C)C1. The molecular weight excluding hydrogens is 188 g/mol. The van der Waals surface area contributed by atoms with Gasteiger partial charge in [0.15, 0.2) is 0 Å². The summed E-state index contributed by atoms with van der Waals surface area (Å²) in [5.74, 6) is 1.54. The largest absolute Gasteiger partial charge is 0.338 e. The molecule has 0 spiro atoms. The maximum atomic E-state index is 11.4. The van der Waals surface area contributed by atoms with Crippen LogP contribution in [0.4, 0.5) is 4.79 Å². The molecule has 0 radical (unpaired) electrons. The highest BCUT2D eigenvalue weighted by molar-refractivity contribution is 5.74. The van der Waals surface area contributed by atoms with Crippen LogP contribution < -0.4 is 10.6 Å². The molecule has 1 saturated carbocycles. The first-order valence-corrected chi connectivity index (χ1v) is 6.17. The van der Waals surface area contributed by atoms with E-state index in [0.717, 1.165) is 37.6 Å². The Hall–Kier alpha value is -0.730. The summed E-state index contributed by atoms with van der Waals surface area (Å²) in [5.41, 5.74) is 0. The summed E-state index contributed by atoms with van der Waals surface area (Å²) in [6, 6.07) is 0.403. The van der Waals surface area contributed by atoms with Crippen molar-refractivity contribution in [3.8, 4) is 0 Å². The predicted octanol–water partition coefficient (Wildman–Crippen LogP) is 2.52. The van der Waals surface area contributed by atoms with Gasteiger partial charge in [-0.05, 0) is 37.5 Å². The Morgan fingerprint density at radius 2 is 2.13 bits per heavy atom. The van der Waals surface area contributed by atoms with Gasteiger partial charge in [-0.3, -0.25) is 0 Å². The molecule has 1 fully saturated rings. The van der Waals surface area contributed by atoms with E-state index in [9.17, 15) is 4.79 Å². The lowest BCUT2D eigenvalue weighted by atomic mass is 9.94. The third-order valence-corrected chi connectivity index (χ3v) is 3.29. The average molecular weight is 212 g/mol. The van der Waals surface area contributed by atoms with Crippen molar-refractivity contribution in [2.75, 3.05) is 6.54 Å². The van der Waals surface area contributed by atoms with Crippen LogP contribution in [0.5, 0.6) is 0 Å². The van der Waals surface area contributed by atoms with E-state index in [1.165, 1.54) is 6.42 Å². The predicted molar refractivity (Wildman–Crippen MR) is 62.8 cm³/mol. The van der Waals surface area contributed by atoms with Gasteiger partial charge in [0.05, 0.1) is 0 Å². The Balaban J connectivity index is 2.20. The van der Waals surface area contributed by atoms with Gasteiger partial charge in [-0.15, -0.1) is 0 Å². The van der Waals surface area contributed by atoms with Gasteiger partial charge >= 0.3 is 6.03 Å². The van der Waals surface area contributed by atoms with Crippen LogP contribution >= 0.6 is 0 Å². The molecule has 3 nitrogen and oxygen atoms in total. The zero-order valence-electron chi connectivity index (χ0n) is 10.2. The fraction of sp³-hybridized carbons (Fsp3) is 0.917. The summed E-state index contributed by atoms with van der Waals surface area (Å²) in [6.07, 6.45) is 4.54. The number of hydrogen-bond acceptors (Lipinski definition) is 1. The van der Waals surface area contributed by atoms with Crippen LogP contribution in [-0.2, 0) is 0 Å². The first-order valence-electron chi connectivity index (χ1n) is 6.17. The minimum atomic E-state index is 0.00579. The summed E-state index contributed by atoms with van der Waals surface area (Å²) in [7, 11) is 0. The van der Waals surface area contributed by atoms with Gasteiger partial charge in [-0.2, -0.15) is 0 Å². The Morgan fingerprint density at radius 1 is 1.40 bits per heavy atom. The van der Waals surface area contributed by atoms with Crippen molar-refractivity contribution < 1.29 is 4.79 Å². The zero-order chi connectivity index (χ0) is 11.3. The van der Waals surface area contributed by atoms with Crippen molar-refractivity contribution in [1.82, 2.24) is 10.6 Å². The quantitative estimate of drug-likeness (QED) is 0.738. The van der Waals surface area contributed by atoms with Crippen LogP contribution in [0.25, 0.3) is 0 Å². The van der Waals surface area contributed by atoms with Gasteiger partial charge in [0.1, 0.15) is 0 Å². The first kappa shape index (κ1) is 12.3. The van der Waals surface area contributed by atoms with Crippen molar-refractivity contribution in [1.29, 1.82) is 0 Å². The Kier molecular flexibility index (Phi) is 4.92. The number of carbonyl (C=O) groups excluding carboxylic acids is 1. The maximum Gasteiger partial charge on any atom is 0.315 e. The number of hydrogen-bond donors (Lipinski definition) is 2. The van der Waals surface area contributed by atoms with Crippen molar-refractivity contribution in [2.24, 2.45) is 11.8 Å². The molecule has 0 aromatic heterocycles. The molecule has 1 aliphatic carbocycles. The van der Waals surface area contributed by atoms with Gasteiger partial charge in [0.25, 0.3) is 0 Å². The number of carbonyl (C=O) groups is 1. The third-order valence-electron chi connectivity index (χ3n) is 3.29. The normalized spacial score (nSPS) is 25.6. The summed E-state index contributed by atoms with van der Waals surface area (Å²) < 4.78 is 0. The third kappa shape index (κ3) is 4.10. The molecule has 0 bridgehead atoms. The molecule has 2 amide bonds. The minimum Gasteiger partial charge on any atom is -0.338 e. The van der Waals surface area contributed by atoms with Crippen LogP contribution in [0.1, 0.15) is 46.5 Å². The van der Waals surface area contributed by atoms with Gasteiger partial charge in [0, 0.05) is 12.6 Å². The summed E-state index contributed by atoms with van der Waals surface area (Å²) in [5, 5.41) is 5.90. The lowest BCUT2D eigenvalue weighted by Crippen LogP contribution is -2.41. The summed E-state index contributed by atoms with van der Waals surface area (Å²) in [4.78, 5) is 11.4. The van der Waals surface area contributed by atoms with E-state index >= 15 is 0 Å². The first-order chi connectivity index (χ1) is 7.13. The van der Waals surface area contributed by atoms with E-state index in [-0.39, 0.29) is 6.03 Å². The van der Waals surface area contributed by atoms with Gasteiger partial charge in [-0.1, -0.05) is 20.8 Å². The number of amides is 2. The Morgan fingerprint density at radius 3 is 2.67 bits per heavy atom. The number of rotatable bonds is 4. The van der Waals surface area contributed by atoms with E-state index in [4.69, 9.17) is 0 Å². The molecule has 0 aliphatic heterocycles. The fourth-order valence-corrected chi connectivity index (χ4v) is 2.23. The van der Waals surface area contributed by atoms with Gasteiger partial charge in [-0.25, -0.2) is 4.79 Å². The van der Waals surface area contributed by atoms with Crippen LogP contribution in [0, 0.1) is 11.8 Å². The fourth-order valence-electron chi connectivity index (χ4n) is 2.23. The van der Waals surface area contributed by atoms with E-state index in [2.05, 4.69) is 31.4 Å². The highest BCUT2D eigenvalue weighted by Gasteiger charge is 2.27. The van der Waals surface area contributed by atoms with Crippen LogP contribution in [0.15, 0.2) is 0 Å². The number of nitrogens with one attached hydrogen (secondary N) is 2. The van der Waals surface area contributed by atoms with Crippen LogP contribution in [0.2, 0.25) is 0 Å². The zero-order valence-corrected chi connectivity index (χ0v) is 10.2. The second-order valence-electron chi connectivity index (χ2n) is 4.91. The molecule has 2 atom stereocenters. The molecule has 2 N–H and O–H groups in total. The monoisotopic (exact) mass is 212 g/mol. The van der Waals surface area contributed by atoms with Gasteiger partial charge < -0.3 is 10.6 Å². The molecule has 0 aromatic rings. The van der Waals surface area contributed by atoms with Crippen LogP contribution in [0.3, 0.4) is 0 Å². The van der Waals surface area contributed by atoms with Crippen LogP contribution in [-0.4, -0.2) is 18.6 Å². The standard InChI is InChI=1S/C12H24N2O/c1-4-7-13-12(15)14-11-6-5-10(8-11)9(2)3/h9-11H,4-8H2,1-3H3,(H2,13,14,15). The molecule has 3 heteroatoms. The van der Waals surface area contributed by atoms with Crippen molar-refractivity contribution in [3.05, 3.63) is 0 Å². The molecule has 0 heterocycles. The Labute approximate surface area is 93.0 Å². The minimum absolute atomic E-state index is 0.00579. The maximum absolute atomic E-state index is 11.4. The Bertz CT molecular complexity index is 204. The number of urea groups is 1. The molecule has 88 valence electrons. The van der Waals surface area contributed by atoms with Crippen molar-refractivity contribution in [3.63, 3.8) is 0 Å². The molecule has 0 aromatic carbocycles. The second kappa shape index (κ2) is 5.99. The summed E-state index contributed by atoms with van der Waals surface area (Å²) >= 11 is 0. The smallest absolute Gasteiger partial charge is 0.315 e. The molecule has 15 heavy (non-hydrogen) atoms.